The second kappa shape index (κ2) is 9.80. The summed E-state index contributed by atoms with van der Waals surface area (Å²) in [5, 5.41) is 14.6. The number of fused-ring (bicyclic) bond motifs is 1. The van der Waals surface area contributed by atoms with Gasteiger partial charge in [0.25, 0.3) is 11.2 Å². The van der Waals surface area contributed by atoms with Crippen LogP contribution in [-0.4, -0.2) is 31.1 Å². The topological polar surface area (TPSA) is 120 Å². The van der Waals surface area contributed by atoms with E-state index < -0.39 is 10.8 Å². The van der Waals surface area contributed by atoms with Gasteiger partial charge in [0.1, 0.15) is 0 Å². The van der Waals surface area contributed by atoms with Crippen LogP contribution >= 0.6 is 23.4 Å². The normalized spacial score (nSPS) is 10.8. The quantitative estimate of drug-likeness (QED) is 0.182. The highest BCUT2D eigenvalue weighted by molar-refractivity contribution is 7.99. The molecule has 0 bridgehead atoms. The summed E-state index contributed by atoms with van der Waals surface area (Å²) in [7, 11) is 0. The van der Waals surface area contributed by atoms with Crippen LogP contribution in [0.15, 0.2) is 76.9 Å². The molecule has 0 saturated heterocycles. The molecule has 0 atom stereocenters. The van der Waals surface area contributed by atoms with E-state index in [-0.39, 0.29) is 34.3 Å². The van der Waals surface area contributed by atoms with Crippen molar-refractivity contribution >= 4 is 51.5 Å². The molecule has 2 aromatic heterocycles. The van der Waals surface area contributed by atoms with E-state index in [0.717, 1.165) is 17.3 Å². The first-order chi connectivity index (χ1) is 15.9. The van der Waals surface area contributed by atoms with Crippen LogP contribution in [0.2, 0.25) is 5.02 Å². The van der Waals surface area contributed by atoms with Gasteiger partial charge < -0.3 is 5.32 Å². The molecule has 0 fully saturated rings. The van der Waals surface area contributed by atoms with Gasteiger partial charge in [-0.25, -0.2) is 4.98 Å². The van der Waals surface area contributed by atoms with Crippen molar-refractivity contribution in [2.75, 3.05) is 11.1 Å². The fraction of sp³-hybridized carbons (Fsp3) is 0.0909. The molecule has 11 heteroatoms. The van der Waals surface area contributed by atoms with Crippen LogP contribution in [0.25, 0.3) is 10.9 Å². The molecule has 4 aromatic rings. The summed E-state index contributed by atoms with van der Waals surface area (Å²) in [5.74, 6) is -0.533. The number of hydrogen-bond donors (Lipinski definition) is 1. The fourth-order valence-electron chi connectivity index (χ4n) is 3.11. The number of non-ortho nitro benzene ring substituents is 1. The van der Waals surface area contributed by atoms with Crippen molar-refractivity contribution in [1.82, 2.24) is 14.5 Å². The first kappa shape index (κ1) is 22.4. The van der Waals surface area contributed by atoms with Gasteiger partial charge >= 0.3 is 0 Å². The molecular weight excluding hydrogens is 466 g/mol. The number of carbonyl (C=O) groups excluding carboxylic acids is 1. The Kier molecular flexibility index (Phi) is 6.66. The van der Waals surface area contributed by atoms with E-state index in [0.29, 0.717) is 16.1 Å². The number of amides is 1. The van der Waals surface area contributed by atoms with Gasteiger partial charge in [-0.2, -0.15) is 0 Å². The highest BCUT2D eigenvalue weighted by atomic mass is 35.5. The third kappa shape index (κ3) is 5.18. The molecule has 0 radical (unpaired) electrons. The largest absolute Gasteiger partial charge is 0.324 e. The van der Waals surface area contributed by atoms with E-state index in [1.54, 1.807) is 42.7 Å². The predicted molar refractivity (Wildman–Crippen MR) is 127 cm³/mol. The second-order valence-corrected chi connectivity index (χ2v) is 8.27. The zero-order chi connectivity index (χ0) is 23.4. The third-order valence-electron chi connectivity index (χ3n) is 4.66. The molecule has 2 aromatic carbocycles. The number of pyridine rings is 1. The Morgan fingerprint density at radius 2 is 2.00 bits per heavy atom. The van der Waals surface area contributed by atoms with Crippen molar-refractivity contribution in [1.29, 1.82) is 0 Å². The molecule has 0 aliphatic rings. The smallest absolute Gasteiger partial charge is 0.271 e. The van der Waals surface area contributed by atoms with Crippen LogP contribution in [-0.2, 0) is 11.3 Å². The number of nitro benzene ring substituents is 1. The first-order valence-electron chi connectivity index (χ1n) is 9.67. The third-order valence-corrected chi connectivity index (χ3v) is 5.96. The maximum Gasteiger partial charge on any atom is 0.271 e. The number of rotatable bonds is 7. The Bertz CT molecular complexity index is 1410. The average Bonchev–Trinajstić information content (AvgIpc) is 2.82. The number of benzene rings is 2. The summed E-state index contributed by atoms with van der Waals surface area (Å²) >= 11 is 7.14. The highest BCUT2D eigenvalue weighted by Crippen LogP contribution is 2.27. The molecule has 1 amide bonds. The summed E-state index contributed by atoms with van der Waals surface area (Å²) < 4.78 is 1.50. The summed E-state index contributed by atoms with van der Waals surface area (Å²) in [4.78, 5) is 44.8. The number of nitrogens with one attached hydrogen (secondary N) is 1. The van der Waals surface area contributed by atoms with E-state index in [9.17, 15) is 19.7 Å². The summed E-state index contributed by atoms with van der Waals surface area (Å²) in [6.45, 7) is 0.241. The number of anilines is 1. The number of thioether (sulfide) groups is 1. The van der Waals surface area contributed by atoms with Crippen molar-refractivity contribution < 1.29 is 9.72 Å². The molecule has 1 N–H and O–H groups in total. The molecule has 0 aliphatic heterocycles. The molecule has 2 heterocycles. The lowest BCUT2D eigenvalue weighted by Crippen LogP contribution is -2.25. The Balaban J connectivity index is 1.60. The van der Waals surface area contributed by atoms with Crippen molar-refractivity contribution in [2.24, 2.45) is 0 Å². The van der Waals surface area contributed by atoms with Crippen LogP contribution in [0.5, 0.6) is 0 Å². The first-order valence-corrected chi connectivity index (χ1v) is 11.0. The number of halogens is 1. The van der Waals surface area contributed by atoms with Crippen LogP contribution in [0, 0.1) is 10.1 Å². The standard InChI is InChI=1S/C22H16ClN5O4S/c23-17-8-7-15(28(31)32)10-19(17)25-20(29)13-33-22-26-18-6-2-1-5-16(18)21(30)27(22)12-14-4-3-9-24-11-14/h1-11H,12-13H2,(H,25,29). The highest BCUT2D eigenvalue weighted by Gasteiger charge is 2.16. The van der Waals surface area contributed by atoms with E-state index in [1.165, 1.54) is 22.8 Å². The van der Waals surface area contributed by atoms with Gasteiger partial charge in [-0.05, 0) is 29.8 Å². The van der Waals surface area contributed by atoms with Gasteiger partial charge in [0.15, 0.2) is 5.16 Å². The van der Waals surface area contributed by atoms with Crippen LogP contribution in [0.1, 0.15) is 5.56 Å². The molecule has 0 saturated carbocycles. The van der Waals surface area contributed by atoms with E-state index in [4.69, 9.17) is 11.6 Å². The minimum absolute atomic E-state index is 0.0865. The Morgan fingerprint density at radius 1 is 1.18 bits per heavy atom. The Hall–Kier alpha value is -3.76. The SMILES string of the molecule is O=C(CSc1nc2ccccc2c(=O)n1Cc1cccnc1)Nc1cc([N+](=O)[O-])ccc1Cl. The minimum Gasteiger partial charge on any atom is -0.324 e. The fourth-order valence-corrected chi connectivity index (χ4v) is 4.07. The number of hydrogen-bond acceptors (Lipinski definition) is 7. The maximum absolute atomic E-state index is 13.1. The van der Waals surface area contributed by atoms with Crippen LogP contribution in [0.3, 0.4) is 0 Å². The van der Waals surface area contributed by atoms with Crippen molar-refractivity contribution in [3.8, 4) is 0 Å². The van der Waals surface area contributed by atoms with Gasteiger partial charge in [0.05, 0.1) is 38.8 Å². The van der Waals surface area contributed by atoms with Gasteiger partial charge in [0.2, 0.25) is 5.91 Å². The lowest BCUT2D eigenvalue weighted by atomic mass is 10.2. The molecule has 0 unspecified atom stereocenters. The van der Waals surface area contributed by atoms with Gasteiger partial charge in [-0.15, -0.1) is 0 Å². The number of nitro groups is 1. The van der Waals surface area contributed by atoms with E-state index in [1.807, 2.05) is 6.07 Å². The molecule has 0 spiro atoms. The van der Waals surface area contributed by atoms with Crippen LogP contribution < -0.4 is 10.9 Å². The molecule has 166 valence electrons. The summed E-state index contributed by atoms with van der Waals surface area (Å²) in [6.07, 6.45) is 3.30. The van der Waals surface area contributed by atoms with Gasteiger partial charge in [-0.1, -0.05) is 41.6 Å². The molecular formula is C22H16ClN5O4S. The number of aromatic nitrogens is 3. The second-order valence-electron chi connectivity index (χ2n) is 6.92. The lowest BCUT2D eigenvalue weighted by Gasteiger charge is -2.13. The Morgan fingerprint density at radius 3 is 2.76 bits per heavy atom. The van der Waals surface area contributed by atoms with Crippen LogP contribution in [0.4, 0.5) is 11.4 Å². The zero-order valence-corrected chi connectivity index (χ0v) is 18.5. The summed E-state index contributed by atoms with van der Waals surface area (Å²) in [5.41, 5.74) is 1.05. The van der Waals surface area contributed by atoms with Gasteiger partial charge in [-0.3, -0.25) is 29.3 Å². The van der Waals surface area contributed by atoms with E-state index in [2.05, 4.69) is 15.3 Å². The Labute approximate surface area is 196 Å². The van der Waals surface area contributed by atoms with Gasteiger partial charge in [0, 0.05) is 24.5 Å². The predicted octanol–water partition coefficient (Wildman–Crippen LogP) is 4.13. The van der Waals surface area contributed by atoms with Crippen molar-refractivity contribution in [3.63, 3.8) is 0 Å². The molecule has 33 heavy (non-hydrogen) atoms. The maximum atomic E-state index is 13.1. The zero-order valence-electron chi connectivity index (χ0n) is 17.0. The number of para-hydroxylation sites is 1. The van der Waals surface area contributed by atoms with Crippen molar-refractivity contribution in [3.05, 3.63) is 98.0 Å². The lowest BCUT2D eigenvalue weighted by molar-refractivity contribution is -0.384. The monoisotopic (exact) mass is 481 g/mol. The minimum atomic E-state index is -0.573. The summed E-state index contributed by atoms with van der Waals surface area (Å²) in [6, 6.07) is 14.4. The molecule has 9 nitrogen and oxygen atoms in total. The number of carbonyl (C=O) groups is 1. The van der Waals surface area contributed by atoms with E-state index >= 15 is 0 Å². The molecule has 4 rings (SSSR count). The number of nitrogens with zero attached hydrogens (tertiary/aromatic N) is 4. The average molecular weight is 482 g/mol. The van der Waals surface area contributed by atoms with Crippen molar-refractivity contribution in [2.45, 2.75) is 11.7 Å². The molecule has 0 aliphatic carbocycles.